The van der Waals surface area contributed by atoms with E-state index in [1.165, 1.54) is 18.4 Å². The van der Waals surface area contributed by atoms with Crippen molar-refractivity contribution in [1.29, 1.82) is 0 Å². The number of methoxy groups -OCH3 is 1. The second-order valence-corrected chi connectivity index (χ2v) is 5.36. The van der Waals surface area contributed by atoms with Crippen molar-refractivity contribution in [3.8, 4) is 11.5 Å². The van der Waals surface area contributed by atoms with Gasteiger partial charge in [-0.25, -0.2) is 4.79 Å². The van der Waals surface area contributed by atoms with E-state index in [-0.39, 0.29) is 0 Å². The highest BCUT2D eigenvalue weighted by atomic mass is 35.5. The smallest absolute Gasteiger partial charge is 0.353 e. The fraction of sp³-hybridized carbons (Fsp3) is 0.154. The molecule has 1 aromatic heterocycles. The summed E-state index contributed by atoms with van der Waals surface area (Å²) in [5.74, 6) is 0.498. The molecule has 0 radical (unpaired) electrons. The van der Waals surface area contributed by atoms with Gasteiger partial charge in [0.05, 0.1) is 11.4 Å². The maximum Gasteiger partial charge on any atom is 0.353 e. The van der Waals surface area contributed by atoms with Crippen LogP contribution in [0.5, 0.6) is 11.5 Å². The first-order chi connectivity index (χ1) is 8.60. The Kier molecular flexibility index (Phi) is 3.89. The van der Waals surface area contributed by atoms with E-state index in [0.29, 0.717) is 20.7 Å². The van der Waals surface area contributed by atoms with Gasteiger partial charge in [0.15, 0.2) is 11.5 Å². The van der Waals surface area contributed by atoms with Crippen LogP contribution in [0.3, 0.4) is 0 Å². The third-order valence-corrected chi connectivity index (χ3v) is 3.51. The number of rotatable bonds is 3. The van der Waals surface area contributed by atoms with Gasteiger partial charge in [0.1, 0.15) is 4.88 Å². The molecule has 1 aromatic carbocycles. The highest BCUT2D eigenvalue weighted by Crippen LogP contribution is 2.29. The zero-order chi connectivity index (χ0) is 13.1. The summed E-state index contributed by atoms with van der Waals surface area (Å²) in [4.78, 5) is 12.3. The number of ether oxygens (including phenoxy) is 2. The van der Waals surface area contributed by atoms with Gasteiger partial charge < -0.3 is 9.47 Å². The van der Waals surface area contributed by atoms with Gasteiger partial charge in [0.2, 0.25) is 0 Å². The van der Waals surface area contributed by atoms with Gasteiger partial charge in [-0.2, -0.15) is 0 Å². The van der Waals surface area contributed by atoms with Gasteiger partial charge in [-0.3, -0.25) is 0 Å². The van der Waals surface area contributed by atoms with Gasteiger partial charge in [0, 0.05) is 0 Å². The molecule has 0 aliphatic rings. The van der Waals surface area contributed by atoms with Crippen LogP contribution in [0.1, 0.15) is 15.2 Å². The Morgan fingerprint density at radius 3 is 2.61 bits per heavy atom. The van der Waals surface area contributed by atoms with Crippen LogP contribution in [-0.4, -0.2) is 13.1 Å². The van der Waals surface area contributed by atoms with Crippen molar-refractivity contribution in [2.24, 2.45) is 0 Å². The number of carbonyl (C=O) groups is 1. The molecule has 18 heavy (non-hydrogen) atoms. The molecule has 0 saturated carbocycles. The lowest BCUT2D eigenvalue weighted by molar-refractivity contribution is 0.0735. The predicted octanol–water partition coefficient (Wildman–Crippen LogP) is 3.94. The summed E-state index contributed by atoms with van der Waals surface area (Å²) in [7, 11) is 1.54. The third kappa shape index (κ3) is 2.83. The van der Waals surface area contributed by atoms with E-state index < -0.39 is 5.97 Å². The summed E-state index contributed by atoms with van der Waals surface area (Å²) in [5, 5.41) is 0. The molecule has 0 spiro atoms. The molecule has 0 amide bonds. The van der Waals surface area contributed by atoms with Crippen LogP contribution in [0, 0.1) is 6.92 Å². The number of benzene rings is 1. The van der Waals surface area contributed by atoms with Crippen molar-refractivity contribution >= 4 is 28.9 Å². The van der Waals surface area contributed by atoms with Crippen molar-refractivity contribution in [2.75, 3.05) is 7.11 Å². The SMILES string of the molecule is COc1cc(C)ccc1OC(=O)c1ccc(Cl)s1. The highest BCUT2D eigenvalue weighted by Gasteiger charge is 2.14. The number of esters is 1. The molecule has 0 unspecified atom stereocenters. The van der Waals surface area contributed by atoms with E-state index in [0.717, 1.165) is 5.56 Å². The van der Waals surface area contributed by atoms with Crippen LogP contribution < -0.4 is 9.47 Å². The Hall–Kier alpha value is -1.52. The summed E-state index contributed by atoms with van der Waals surface area (Å²) in [5.41, 5.74) is 1.03. The van der Waals surface area contributed by atoms with Gasteiger partial charge in [0.25, 0.3) is 0 Å². The molecule has 5 heteroatoms. The van der Waals surface area contributed by atoms with Crippen molar-refractivity contribution < 1.29 is 14.3 Å². The maximum absolute atomic E-state index is 11.9. The molecule has 0 aliphatic heterocycles. The van der Waals surface area contributed by atoms with E-state index in [1.54, 1.807) is 18.2 Å². The topological polar surface area (TPSA) is 35.5 Å². The average molecular weight is 283 g/mol. The Bertz CT molecular complexity index is 577. The van der Waals surface area contributed by atoms with Crippen LogP contribution in [0.25, 0.3) is 0 Å². The Labute approximate surface area is 114 Å². The number of hydrogen-bond acceptors (Lipinski definition) is 4. The lowest BCUT2D eigenvalue weighted by Gasteiger charge is -2.08. The molecule has 0 bridgehead atoms. The van der Waals surface area contributed by atoms with Gasteiger partial charge >= 0.3 is 5.97 Å². The molecule has 0 atom stereocenters. The minimum absolute atomic E-state index is 0.401. The van der Waals surface area contributed by atoms with Crippen molar-refractivity contribution in [3.05, 3.63) is 45.1 Å². The zero-order valence-corrected chi connectivity index (χ0v) is 11.5. The van der Waals surface area contributed by atoms with Crippen LogP contribution in [-0.2, 0) is 0 Å². The van der Waals surface area contributed by atoms with E-state index >= 15 is 0 Å². The summed E-state index contributed by atoms with van der Waals surface area (Å²) in [6, 6.07) is 8.67. The molecule has 3 nitrogen and oxygen atoms in total. The second kappa shape index (κ2) is 5.42. The molecule has 2 aromatic rings. The molecule has 0 N–H and O–H groups in total. The fourth-order valence-corrected chi connectivity index (χ4v) is 2.35. The summed E-state index contributed by atoms with van der Waals surface area (Å²) in [6.45, 7) is 1.94. The van der Waals surface area contributed by atoms with Crippen LogP contribution >= 0.6 is 22.9 Å². The third-order valence-electron chi connectivity index (χ3n) is 2.30. The van der Waals surface area contributed by atoms with E-state index in [9.17, 15) is 4.79 Å². The fourth-order valence-electron chi connectivity index (χ4n) is 1.43. The summed E-state index contributed by atoms with van der Waals surface area (Å²) in [6.07, 6.45) is 0. The Morgan fingerprint density at radius 2 is 2.00 bits per heavy atom. The van der Waals surface area contributed by atoms with E-state index in [2.05, 4.69) is 0 Å². The lowest BCUT2D eigenvalue weighted by Crippen LogP contribution is -2.07. The highest BCUT2D eigenvalue weighted by molar-refractivity contribution is 7.17. The number of thiophene rings is 1. The summed E-state index contributed by atoms with van der Waals surface area (Å²) < 4.78 is 11.0. The minimum atomic E-state index is -0.436. The number of hydrogen-bond donors (Lipinski definition) is 0. The number of halogens is 1. The van der Waals surface area contributed by atoms with E-state index in [4.69, 9.17) is 21.1 Å². The Morgan fingerprint density at radius 1 is 1.22 bits per heavy atom. The molecule has 0 fully saturated rings. The van der Waals surface area contributed by atoms with Crippen molar-refractivity contribution in [2.45, 2.75) is 6.92 Å². The molecule has 0 saturated heterocycles. The van der Waals surface area contributed by atoms with Crippen molar-refractivity contribution in [1.82, 2.24) is 0 Å². The standard InChI is InChI=1S/C13H11ClO3S/c1-8-3-4-9(10(7-8)16-2)17-13(15)11-5-6-12(14)18-11/h3-7H,1-2H3. The van der Waals surface area contributed by atoms with Crippen LogP contribution in [0.4, 0.5) is 0 Å². The van der Waals surface area contributed by atoms with Crippen LogP contribution in [0.15, 0.2) is 30.3 Å². The van der Waals surface area contributed by atoms with Gasteiger partial charge in [-0.15, -0.1) is 11.3 Å². The quantitative estimate of drug-likeness (QED) is 0.632. The average Bonchev–Trinajstić information content (AvgIpc) is 2.78. The summed E-state index contributed by atoms with van der Waals surface area (Å²) >= 11 is 6.95. The molecular formula is C13H11ClO3S. The van der Waals surface area contributed by atoms with Gasteiger partial charge in [-0.05, 0) is 36.8 Å². The lowest BCUT2D eigenvalue weighted by atomic mass is 10.2. The van der Waals surface area contributed by atoms with E-state index in [1.807, 2.05) is 19.1 Å². The number of carbonyl (C=O) groups excluding carboxylic acids is 1. The number of aryl methyl sites for hydroxylation is 1. The Balaban J connectivity index is 2.21. The van der Waals surface area contributed by atoms with Crippen LogP contribution in [0.2, 0.25) is 4.34 Å². The molecule has 1 heterocycles. The predicted molar refractivity (Wildman–Crippen MR) is 72.0 cm³/mol. The second-order valence-electron chi connectivity index (χ2n) is 3.65. The molecule has 0 aliphatic carbocycles. The first kappa shape index (κ1) is 12.9. The first-order valence-corrected chi connectivity index (χ1v) is 6.42. The maximum atomic E-state index is 11.9. The largest absolute Gasteiger partial charge is 0.493 e. The van der Waals surface area contributed by atoms with Gasteiger partial charge in [-0.1, -0.05) is 17.7 Å². The molecule has 2 rings (SSSR count). The monoisotopic (exact) mass is 282 g/mol. The van der Waals surface area contributed by atoms with Crippen molar-refractivity contribution in [3.63, 3.8) is 0 Å². The molecular weight excluding hydrogens is 272 g/mol. The minimum Gasteiger partial charge on any atom is -0.493 e. The molecule has 94 valence electrons. The normalized spacial score (nSPS) is 10.2. The first-order valence-electron chi connectivity index (χ1n) is 5.22. The zero-order valence-electron chi connectivity index (χ0n) is 9.90.